The summed E-state index contributed by atoms with van der Waals surface area (Å²) in [6.07, 6.45) is 2.72. The number of rotatable bonds is 4. The van der Waals surface area contributed by atoms with E-state index >= 15 is 0 Å². The molecule has 1 heterocycles. The standard InChI is InChI=1S/C14H14ClNO/c1-2-11-3-5-13(6-4-11)17-10-12-7-8-16-14(15)9-12/h3-9H,2,10H2,1H3. The Kier molecular flexibility index (Phi) is 3.99. The predicted molar refractivity (Wildman–Crippen MR) is 69.4 cm³/mol. The maximum absolute atomic E-state index is 5.80. The topological polar surface area (TPSA) is 22.1 Å². The average molecular weight is 248 g/mol. The summed E-state index contributed by atoms with van der Waals surface area (Å²) < 4.78 is 5.66. The van der Waals surface area contributed by atoms with Gasteiger partial charge in [-0.1, -0.05) is 30.7 Å². The first kappa shape index (κ1) is 11.9. The van der Waals surface area contributed by atoms with Gasteiger partial charge < -0.3 is 4.74 Å². The molecule has 17 heavy (non-hydrogen) atoms. The highest BCUT2D eigenvalue weighted by atomic mass is 35.5. The number of nitrogens with zero attached hydrogens (tertiary/aromatic N) is 1. The Morgan fingerprint density at radius 3 is 2.53 bits per heavy atom. The molecule has 3 heteroatoms. The summed E-state index contributed by atoms with van der Waals surface area (Å²) in [5.74, 6) is 0.870. The summed E-state index contributed by atoms with van der Waals surface area (Å²) >= 11 is 5.80. The normalized spacial score (nSPS) is 10.2. The molecule has 0 aliphatic carbocycles. The first-order valence-corrected chi connectivity index (χ1v) is 5.98. The zero-order valence-corrected chi connectivity index (χ0v) is 10.4. The lowest BCUT2D eigenvalue weighted by atomic mass is 10.2. The third-order valence-corrected chi connectivity index (χ3v) is 2.73. The number of hydrogen-bond donors (Lipinski definition) is 0. The summed E-state index contributed by atoms with van der Waals surface area (Å²) in [5, 5.41) is 0.493. The van der Waals surface area contributed by atoms with E-state index in [9.17, 15) is 0 Å². The molecule has 0 aliphatic heterocycles. The number of aromatic nitrogens is 1. The Balaban J connectivity index is 1.97. The van der Waals surface area contributed by atoms with Gasteiger partial charge in [0.1, 0.15) is 17.5 Å². The minimum atomic E-state index is 0.493. The minimum Gasteiger partial charge on any atom is -0.489 e. The van der Waals surface area contributed by atoms with Crippen LogP contribution < -0.4 is 4.74 Å². The highest BCUT2D eigenvalue weighted by Gasteiger charge is 1.97. The Morgan fingerprint density at radius 1 is 1.12 bits per heavy atom. The SMILES string of the molecule is CCc1ccc(OCc2ccnc(Cl)c2)cc1. The molecular weight excluding hydrogens is 234 g/mol. The molecule has 0 saturated heterocycles. The van der Waals surface area contributed by atoms with Gasteiger partial charge in [-0.3, -0.25) is 0 Å². The molecule has 0 radical (unpaired) electrons. The second-order valence-electron chi connectivity index (χ2n) is 3.77. The lowest BCUT2D eigenvalue weighted by Crippen LogP contribution is -1.95. The van der Waals surface area contributed by atoms with Crippen LogP contribution >= 0.6 is 11.6 Å². The fraction of sp³-hybridized carbons (Fsp3) is 0.214. The molecule has 0 unspecified atom stereocenters. The number of benzene rings is 1. The van der Waals surface area contributed by atoms with E-state index in [-0.39, 0.29) is 0 Å². The first-order chi connectivity index (χ1) is 8.28. The lowest BCUT2D eigenvalue weighted by Gasteiger charge is -2.06. The third kappa shape index (κ3) is 3.46. The van der Waals surface area contributed by atoms with E-state index in [1.54, 1.807) is 6.20 Å². The smallest absolute Gasteiger partial charge is 0.129 e. The fourth-order valence-corrected chi connectivity index (χ4v) is 1.72. The summed E-state index contributed by atoms with van der Waals surface area (Å²) in [4.78, 5) is 3.93. The van der Waals surface area contributed by atoms with Gasteiger partial charge >= 0.3 is 0 Å². The predicted octanol–water partition coefficient (Wildman–Crippen LogP) is 3.88. The summed E-state index contributed by atoms with van der Waals surface area (Å²) in [5.41, 5.74) is 2.33. The van der Waals surface area contributed by atoms with Gasteiger partial charge in [0.2, 0.25) is 0 Å². The first-order valence-electron chi connectivity index (χ1n) is 5.60. The maximum Gasteiger partial charge on any atom is 0.129 e. The van der Waals surface area contributed by atoms with E-state index in [2.05, 4.69) is 24.0 Å². The van der Waals surface area contributed by atoms with E-state index in [0.717, 1.165) is 17.7 Å². The van der Waals surface area contributed by atoms with Crippen molar-refractivity contribution in [2.45, 2.75) is 20.0 Å². The Bertz CT molecular complexity index is 482. The van der Waals surface area contributed by atoms with Gasteiger partial charge in [-0.25, -0.2) is 4.98 Å². The van der Waals surface area contributed by atoms with Gasteiger partial charge in [0.05, 0.1) is 0 Å². The van der Waals surface area contributed by atoms with Gasteiger partial charge in [-0.05, 0) is 41.8 Å². The molecule has 0 N–H and O–H groups in total. The molecular formula is C14H14ClNO. The molecule has 0 atom stereocenters. The van der Waals surface area contributed by atoms with Crippen LogP contribution in [-0.2, 0) is 13.0 Å². The van der Waals surface area contributed by atoms with Gasteiger partial charge in [0.15, 0.2) is 0 Å². The van der Waals surface area contributed by atoms with Gasteiger partial charge in [0, 0.05) is 6.20 Å². The second-order valence-corrected chi connectivity index (χ2v) is 4.16. The van der Waals surface area contributed by atoms with E-state index in [0.29, 0.717) is 11.8 Å². The van der Waals surface area contributed by atoms with Crippen molar-refractivity contribution in [2.75, 3.05) is 0 Å². The molecule has 2 rings (SSSR count). The minimum absolute atomic E-state index is 0.493. The highest BCUT2D eigenvalue weighted by Crippen LogP contribution is 2.15. The second kappa shape index (κ2) is 5.69. The van der Waals surface area contributed by atoms with Crippen LogP contribution in [0.25, 0.3) is 0 Å². The fourth-order valence-electron chi connectivity index (χ4n) is 1.52. The van der Waals surface area contributed by atoms with E-state index in [1.165, 1.54) is 5.56 Å². The number of hydrogen-bond acceptors (Lipinski definition) is 2. The zero-order valence-electron chi connectivity index (χ0n) is 9.69. The van der Waals surface area contributed by atoms with E-state index in [4.69, 9.17) is 16.3 Å². The Hall–Kier alpha value is -1.54. The van der Waals surface area contributed by atoms with Crippen molar-refractivity contribution in [3.05, 3.63) is 58.9 Å². The highest BCUT2D eigenvalue weighted by molar-refractivity contribution is 6.29. The third-order valence-electron chi connectivity index (χ3n) is 2.53. The molecule has 0 spiro atoms. The molecule has 2 aromatic rings. The molecule has 0 amide bonds. The molecule has 88 valence electrons. The van der Waals surface area contributed by atoms with Crippen molar-refractivity contribution in [1.82, 2.24) is 4.98 Å². The van der Waals surface area contributed by atoms with Crippen molar-refractivity contribution < 1.29 is 4.74 Å². The van der Waals surface area contributed by atoms with Crippen molar-refractivity contribution in [1.29, 1.82) is 0 Å². The van der Waals surface area contributed by atoms with Crippen LogP contribution in [0.1, 0.15) is 18.1 Å². The van der Waals surface area contributed by atoms with Crippen molar-refractivity contribution in [3.63, 3.8) is 0 Å². The van der Waals surface area contributed by atoms with E-state index < -0.39 is 0 Å². The summed E-state index contributed by atoms with van der Waals surface area (Å²) in [6.45, 7) is 2.64. The molecule has 1 aromatic heterocycles. The Labute approximate surface area is 106 Å². The van der Waals surface area contributed by atoms with Crippen LogP contribution in [0, 0.1) is 0 Å². The largest absolute Gasteiger partial charge is 0.489 e. The van der Waals surface area contributed by atoms with Crippen molar-refractivity contribution in [2.24, 2.45) is 0 Å². The number of ether oxygens (including phenoxy) is 1. The van der Waals surface area contributed by atoms with Gasteiger partial charge in [-0.15, -0.1) is 0 Å². The number of pyridine rings is 1. The molecule has 1 aromatic carbocycles. The van der Waals surface area contributed by atoms with Crippen LogP contribution in [0.3, 0.4) is 0 Å². The molecule has 2 nitrogen and oxygen atoms in total. The average Bonchev–Trinajstić information content (AvgIpc) is 2.37. The zero-order chi connectivity index (χ0) is 12.1. The quantitative estimate of drug-likeness (QED) is 0.765. The van der Waals surface area contributed by atoms with Crippen LogP contribution in [0.15, 0.2) is 42.6 Å². The van der Waals surface area contributed by atoms with Crippen LogP contribution in [0.5, 0.6) is 5.75 Å². The molecule has 0 aliphatic rings. The van der Waals surface area contributed by atoms with Crippen LogP contribution in [-0.4, -0.2) is 4.98 Å². The Morgan fingerprint density at radius 2 is 1.88 bits per heavy atom. The molecule has 0 fully saturated rings. The lowest BCUT2D eigenvalue weighted by molar-refractivity contribution is 0.306. The summed E-state index contributed by atoms with van der Waals surface area (Å²) in [7, 11) is 0. The maximum atomic E-state index is 5.80. The van der Waals surface area contributed by atoms with Crippen LogP contribution in [0.4, 0.5) is 0 Å². The van der Waals surface area contributed by atoms with Gasteiger partial charge in [-0.2, -0.15) is 0 Å². The van der Waals surface area contributed by atoms with Crippen LogP contribution in [0.2, 0.25) is 5.15 Å². The van der Waals surface area contributed by atoms with Crippen molar-refractivity contribution in [3.8, 4) is 5.75 Å². The molecule has 0 bridgehead atoms. The monoisotopic (exact) mass is 247 g/mol. The van der Waals surface area contributed by atoms with Crippen molar-refractivity contribution >= 4 is 11.6 Å². The number of halogens is 1. The number of aryl methyl sites for hydroxylation is 1. The summed E-state index contributed by atoms with van der Waals surface area (Å²) in [6, 6.07) is 11.8. The van der Waals surface area contributed by atoms with E-state index in [1.807, 2.05) is 24.3 Å². The molecule has 0 saturated carbocycles. The van der Waals surface area contributed by atoms with Gasteiger partial charge in [0.25, 0.3) is 0 Å².